The number of nitriles is 1. The van der Waals surface area contributed by atoms with Crippen molar-refractivity contribution in [1.29, 1.82) is 5.26 Å². The fraction of sp³-hybridized carbons (Fsp3) is 0.353. The summed E-state index contributed by atoms with van der Waals surface area (Å²) in [5, 5.41) is 9.18. The summed E-state index contributed by atoms with van der Waals surface area (Å²) in [5.41, 5.74) is -16.8. The first-order valence-electron chi connectivity index (χ1n) is 7.65. The van der Waals surface area contributed by atoms with Crippen LogP contribution in [0.15, 0.2) is 45.8 Å². The minimum atomic E-state index is -6.60. The molecule has 0 radical (unpaired) electrons. The maximum absolute atomic E-state index is 15.4. The smallest absolute Gasteiger partial charge is 0.222 e. The highest BCUT2D eigenvalue weighted by Crippen LogP contribution is 2.61. The van der Waals surface area contributed by atoms with Gasteiger partial charge < -0.3 is 0 Å². The van der Waals surface area contributed by atoms with Gasteiger partial charge in [0.05, 0.1) is 17.0 Å². The van der Waals surface area contributed by atoms with E-state index in [9.17, 15) is 44.8 Å². The van der Waals surface area contributed by atoms with Crippen LogP contribution in [0.5, 0.6) is 0 Å². The van der Waals surface area contributed by atoms with Gasteiger partial charge in [0.25, 0.3) is 0 Å². The van der Waals surface area contributed by atoms with Crippen LogP contribution in [0.4, 0.5) is 43.9 Å². The summed E-state index contributed by atoms with van der Waals surface area (Å²) in [6.07, 6.45) is -13.7. The van der Waals surface area contributed by atoms with Gasteiger partial charge in [-0.3, -0.25) is 0 Å². The molecule has 0 N–H and O–H groups in total. The third-order valence-electron chi connectivity index (χ3n) is 4.21. The van der Waals surface area contributed by atoms with Gasteiger partial charge in [-0.15, -0.1) is 0 Å². The molecule has 0 amide bonds. The van der Waals surface area contributed by atoms with Crippen molar-refractivity contribution in [2.75, 3.05) is 0 Å². The summed E-state index contributed by atoms with van der Waals surface area (Å²) in [6.45, 7) is 0. The Bertz CT molecular complexity index is 908. The van der Waals surface area contributed by atoms with Crippen molar-refractivity contribution in [2.45, 2.75) is 35.4 Å². The van der Waals surface area contributed by atoms with Crippen molar-refractivity contribution in [1.82, 2.24) is 0 Å². The zero-order valence-electron chi connectivity index (χ0n) is 14.2. The lowest BCUT2D eigenvalue weighted by Crippen LogP contribution is -2.65. The van der Waals surface area contributed by atoms with Crippen molar-refractivity contribution >= 4 is 27.7 Å². The van der Waals surface area contributed by atoms with E-state index in [1.54, 1.807) is 0 Å². The van der Waals surface area contributed by atoms with E-state index >= 15 is 4.39 Å². The van der Waals surface area contributed by atoms with Crippen LogP contribution in [0.1, 0.15) is 17.5 Å². The van der Waals surface area contributed by atoms with Crippen LogP contribution in [0.2, 0.25) is 0 Å². The second kappa shape index (κ2) is 7.78. The van der Waals surface area contributed by atoms with Crippen LogP contribution in [-0.4, -0.2) is 23.5 Å². The van der Waals surface area contributed by atoms with Crippen LogP contribution >= 0.6 is 27.7 Å². The van der Waals surface area contributed by atoms with Gasteiger partial charge in [-0.2, -0.15) is 44.8 Å². The number of benzene rings is 1. The Hall–Kier alpha value is -1.68. The largest absolute Gasteiger partial charge is 0.446 e. The first-order valence-corrected chi connectivity index (χ1v) is 9.26. The summed E-state index contributed by atoms with van der Waals surface area (Å²) < 4.78 is 135. The van der Waals surface area contributed by atoms with Crippen molar-refractivity contribution in [3.63, 3.8) is 0 Å². The highest BCUT2D eigenvalue weighted by atomic mass is 79.9. The van der Waals surface area contributed by atoms with Gasteiger partial charge >= 0.3 is 23.5 Å². The topological polar surface area (TPSA) is 23.8 Å². The van der Waals surface area contributed by atoms with Crippen molar-refractivity contribution < 1.29 is 43.9 Å². The number of allylic oxidation sites excluding steroid dienone is 4. The number of thioether (sulfide) groups is 1. The van der Waals surface area contributed by atoms with Crippen molar-refractivity contribution in [3.8, 4) is 6.07 Å². The van der Waals surface area contributed by atoms with Gasteiger partial charge in [-0.05, 0) is 32.8 Å². The van der Waals surface area contributed by atoms with Gasteiger partial charge in [0.1, 0.15) is 0 Å². The van der Waals surface area contributed by atoms with Crippen molar-refractivity contribution in [2.24, 2.45) is 0 Å². The number of alkyl halides is 10. The Morgan fingerprint density at radius 3 is 1.90 bits per heavy atom. The molecule has 1 aliphatic rings. The molecule has 0 fully saturated rings. The maximum Gasteiger partial charge on any atom is 0.446 e. The van der Waals surface area contributed by atoms with E-state index in [1.807, 2.05) is 0 Å². The molecule has 1 atom stereocenters. The van der Waals surface area contributed by atoms with Crippen LogP contribution in [0.3, 0.4) is 0 Å². The predicted octanol–water partition coefficient (Wildman–Crippen LogP) is 7.45. The third-order valence-corrected chi connectivity index (χ3v) is 5.47. The van der Waals surface area contributed by atoms with Crippen LogP contribution in [0.25, 0.3) is 0 Å². The predicted molar refractivity (Wildman–Crippen MR) is 92.1 cm³/mol. The van der Waals surface area contributed by atoms with E-state index in [4.69, 9.17) is 0 Å². The van der Waals surface area contributed by atoms with Gasteiger partial charge in [0.2, 0.25) is 0 Å². The molecule has 1 unspecified atom stereocenters. The van der Waals surface area contributed by atoms with Crippen molar-refractivity contribution in [3.05, 3.63) is 56.9 Å². The second-order valence-corrected chi connectivity index (χ2v) is 8.32. The molecule has 0 saturated carbocycles. The molecule has 13 heteroatoms. The van der Waals surface area contributed by atoms with E-state index in [0.717, 1.165) is 18.2 Å². The lowest BCUT2D eigenvalue weighted by Gasteiger charge is -2.45. The minimum Gasteiger partial charge on any atom is -0.222 e. The molecule has 0 spiro atoms. The van der Waals surface area contributed by atoms with Crippen LogP contribution < -0.4 is 0 Å². The summed E-state index contributed by atoms with van der Waals surface area (Å²) in [4.78, 5) is -1.000. The highest BCUT2D eigenvalue weighted by molar-refractivity contribution is 9.11. The molecule has 1 aromatic rings. The second-order valence-electron chi connectivity index (χ2n) is 6.11. The summed E-state index contributed by atoms with van der Waals surface area (Å²) >= 11 is 1.67. The lowest BCUT2D eigenvalue weighted by molar-refractivity contribution is -0.354. The quantitative estimate of drug-likeness (QED) is 0.381. The molecule has 30 heavy (non-hydrogen) atoms. The Balaban J connectivity index is 3.04. The zero-order chi connectivity index (χ0) is 23.2. The van der Waals surface area contributed by atoms with E-state index in [1.165, 1.54) is 6.07 Å². The Labute approximate surface area is 175 Å². The van der Waals surface area contributed by atoms with Gasteiger partial charge in [0.15, 0.2) is 0 Å². The molecular formula is C17H8BrF10NS. The van der Waals surface area contributed by atoms with E-state index in [2.05, 4.69) is 15.9 Å². The molecule has 2 rings (SSSR count). The molecule has 1 nitrogen and oxygen atoms in total. The fourth-order valence-electron chi connectivity index (χ4n) is 3.14. The number of halogens is 11. The molecule has 0 aromatic heterocycles. The van der Waals surface area contributed by atoms with Gasteiger partial charge in [-0.25, -0.2) is 4.39 Å². The van der Waals surface area contributed by atoms with Gasteiger partial charge in [-0.1, -0.05) is 46.3 Å². The molecule has 0 heterocycles. The Kier molecular flexibility index (Phi) is 6.38. The average molecular weight is 528 g/mol. The zero-order valence-corrected chi connectivity index (χ0v) is 16.6. The third kappa shape index (κ3) is 4.21. The normalized spacial score (nSPS) is 21.0. The molecular weight excluding hydrogens is 520 g/mol. The van der Waals surface area contributed by atoms with E-state index in [0.29, 0.717) is 6.07 Å². The number of hydrogen-bond acceptors (Lipinski definition) is 2. The first kappa shape index (κ1) is 24.6. The Morgan fingerprint density at radius 1 is 0.900 bits per heavy atom. The molecule has 0 saturated heterocycles. The fourth-order valence-corrected chi connectivity index (χ4v) is 4.75. The standard InChI is InChI=1S/C17H8BrF10NS/c18-10-5-11(30-17(26,27)28)7-13(6-10,12-4-2-1-3-9(12)8-29)14(19,15(20,21)22)16(23,24)25/h1-4,6-7H,5H2. The average Bonchev–Trinajstić information content (AvgIpc) is 2.56. The SMILES string of the molecule is N#Cc1ccccc1C1(C(F)(C(F)(F)F)C(F)(F)F)C=C(Br)CC(SC(F)(F)F)=C1. The Morgan fingerprint density at radius 2 is 1.43 bits per heavy atom. The molecule has 1 aliphatic carbocycles. The van der Waals surface area contributed by atoms with Crippen LogP contribution in [0, 0.1) is 11.3 Å². The highest BCUT2D eigenvalue weighted by Gasteiger charge is 2.81. The number of hydrogen-bond donors (Lipinski definition) is 0. The number of rotatable bonds is 3. The summed E-state index contributed by atoms with van der Waals surface area (Å²) in [7, 11) is 0. The lowest BCUT2D eigenvalue weighted by atomic mass is 9.64. The minimum absolute atomic E-state index is 0.0485. The first-order chi connectivity index (χ1) is 13.5. The molecule has 1 aromatic carbocycles. The van der Waals surface area contributed by atoms with Crippen LogP contribution in [-0.2, 0) is 5.41 Å². The monoisotopic (exact) mass is 527 g/mol. The number of nitrogens with zero attached hydrogens (tertiary/aromatic N) is 1. The summed E-state index contributed by atoms with van der Waals surface area (Å²) in [5.74, 6) is 0. The molecule has 164 valence electrons. The summed E-state index contributed by atoms with van der Waals surface area (Å²) in [6, 6.07) is 4.90. The van der Waals surface area contributed by atoms with E-state index in [-0.39, 0.29) is 12.2 Å². The van der Waals surface area contributed by atoms with E-state index < -0.39 is 67.6 Å². The maximum atomic E-state index is 15.4. The molecule has 0 aliphatic heterocycles. The van der Waals surface area contributed by atoms with Gasteiger partial charge in [0, 0.05) is 6.42 Å². The molecule has 0 bridgehead atoms.